The number of esters is 1. The van der Waals surface area contributed by atoms with E-state index in [1.807, 2.05) is 101 Å². The maximum atomic E-state index is 14.9. The van der Waals surface area contributed by atoms with Crippen LogP contribution in [0.3, 0.4) is 0 Å². The normalized spacial score (nSPS) is 12.2. The molecule has 0 amide bonds. The second-order valence-electron chi connectivity index (χ2n) is 9.01. The first kappa shape index (κ1) is 23.4. The fourth-order valence-corrected chi connectivity index (χ4v) is 3.61. The molecule has 1 atom stereocenters. The first-order valence-corrected chi connectivity index (χ1v) is 10.8. The molecule has 0 heterocycles. The van der Waals surface area contributed by atoms with Crippen LogP contribution in [0, 0.1) is 19.7 Å². The van der Waals surface area contributed by atoms with Crippen molar-refractivity contribution < 1.29 is 13.9 Å². The zero-order valence-corrected chi connectivity index (χ0v) is 19.4. The van der Waals surface area contributed by atoms with E-state index in [-0.39, 0.29) is 12.2 Å². The molecule has 0 N–H and O–H groups in total. The monoisotopic (exact) mass is 431 g/mol. The summed E-state index contributed by atoms with van der Waals surface area (Å²) in [6.07, 6.45) is 0.121. The van der Waals surface area contributed by atoms with Gasteiger partial charge in [-0.15, -0.1) is 0 Å². The number of nitrogens with zero attached hydrogens (tertiary/aromatic N) is 1. The second kappa shape index (κ2) is 9.90. The van der Waals surface area contributed by atoms with Gasteiger partial charge >= 0.3 is 5.97 Å². The van der Waals surface area contributed by atoms with Crippen molar-refractivity contribution in [2.24, 2.45) is 4.99 Å². The number of ether oxygens (including phenoxy) is 1. The van der Waals surface area contributed by atoms with E-state index in [1.165, 1.54) is 6.07 Å². The van der Waals surface area contributed by atoms with Crippen LogP contribution >= 0.6 is 0 Å². The predicted octanol–water partition coefficient (Wildman–Crippen LogP) is 6.23. The lowest BCUT2D eigenvalue weighted by Crippen LogP contribution is -2.33. The summed E-state index contributed by atoms with van der Waals surface area (Å²) in [6.45, 7) is 9.17. The third-order valence-electron chi connectivity index (χ3n) is 5.02. The standard InChI is InChI=1S/C28H30FNO2/c1-19-16-20(2)23(24(29)17-19)18-25(27(31)32-28(3,4)5)30-26(21-12-8-6-9-13-21)22-14-10-7-11-15-22/h6-17,25H,18H2,1-5H3. The van der Waals surface area contributed by atoms with Gasteiger partial charge in [-0.2, -0.15) is 0 Å². The molecular formula is C28H30FNO2. The fourth-order valence-electron chi connectivity index (χ4n) is 3.61. The van der Waals surface area contributed by atoms with E-state index >= 15 is 0 Å². The second-order valence-corrected chi connectivity index (χ2v) is 9.01. The Morgan fingerprint density at radius 2 is 1.47 bits per heavy atom. The van der Waals surface area contributed by atoms with Gasteiger partial charge in [0.1, 0.15) is 11.4 Å². The minimum atomic E-state index is -0.888. The van der Waals surface area contributed by atoms with Crippen molar-refractivity contribution in [2.45, 2.75) is 52.7 Å². The summed E-state index contributed by atoms with van der Waals surface area (Å²) in [7, 11) is 0. The highest BCUT2D eigenvalue weighted by atomic mass is 19.1. The molecule has 0 saturated carbocycles. The number of carbonyl (C=O) groups excluding carboxylic acids is 1. The van der Waals surface area contributed by atoms with E-state index < -0.39 is 17.6 Å². The lowest BCUT2D eigenvalue weighted by Gasteiger charge is -2.23. The van der Waals surface area contributed by atoms with E-state index in [2.05, 4.69) is 0 Å². The Labute approximate surface area is 190 Å². The Bertz CT molecular complexity index is 1030. The average molecular weight is 432 g/mol. The molecule has 0 aromatic heterocycles. The summed E-state index contributed by atoms with van der Waals surface area (Å²) in [4.78, 5) is 18.1. The molecule has 3 rings (SSSR count). The number of hydrogen-bond acceptors (Lipinski definition) is 3. The van der Waals surface area contributed by atoms with Crippen molar-refractivity contribution >= 4 is 11.7 Å². The Morgan fingerprint density at radius 1 is 0.938 bits per heavy atom. The number of aryl methyl sites for hydroxylation is 2. The van der Waals surface area contributed by atoms with E-state index in [0.717, 1.165) is 22.3 Å². The molecule has 32 heavy (non-hydrogen) atoms. The predicted molar refractivity (Wildman–Crippen MR) is 128 cm³/mol. The number of carbonyl (C=O) groups is 1. The maximum Gasteiger partial charge on any atom is 0.331 e. The van der Waals surface area contributed by atoms with Crippen molar-refractivity contribution in [1.82, 2.24) is 0 Å². The van der Waals surface area contributed by atoms with Crippen LogP contribution in [0.5, 0.6) is 0 Å². The molecule has 0 radical (unpaired) electrons. The molecule has 4 heteroatoms. The van der Waals surface area contributed by atoms with Gasteiger partial charge in [0.05, 0.1) is 5.71 Å². The zero-order valence-electron chi connectivity index (χ0n) is 19.4. The van der Waals surface area contributed by atoms with Crippen molar-refractivity contribution in [1.29, 1.82) is 0 Å². The molecule has 0 saturated heterocycles. The lowest BCUT2D eigenvalue weighted by atomic mass is 9.97. The summed E-state index contributed by atoms with van der Waals surface area (Å²) in [5, 5.41) is 0. The molecule has 0 aliphatic heterocycles. The molecular weight excluding hydrogens is 401 g/mol. The molecule has 0 spiro atoms. The van der Waals surface area contributed by atoms with Crippen LogP contribution < -0.4 is 0 Å². The van der Waals surface area contributed by atoms with E-state index in [1.54, 1.807) is 0 Å². The highest BCUT2D eigenvalue weighted by Crippen LogP contribution is 2.22. The topological polar surface area (TPSA) is 38.7 Å². The van der Waals surface area contributed by atoms with Crippen molar-refractivity contribution in [3.05, 3.63) is 106 Å². The van der Waals surface area contributed by atoms with Gasteiger partial charge < -0.3 is 4.74 Å². The summed E-state index contributed by atoms with van der Waals surface area (Å²) < 4.78 is 20.5. The Balaban J connectivity index is 2.12. The van der Waals surface area contributed by atoms with Gasteiger partial charge in [0.15, 0.2) is 6.04 Å². The van der Waals surface area contributed by atoms with E-state index in [0.29, 0.717) is 11.3 Å². The van der Waals surface area contributed by atoms with Crippen molar-refractivity contribution in [3.8, 4) is 0 Å². The lowest BCUT2D eigenvalue weighted by molar-refractivity contribution is -0.156. The highest BCUT2D eigenvalue weighted by Gasteiger charge is 2.27. The molecule has 0 aliphatic carbocycles. The van der Waals surface area contributed by atoms with Crippen LogP contribution in [0.15, 0.2) is 77.8 Å². The minimum absolute atomic E-state index is 0.121. The number of benzene rings is 3. The number of rotatable bonds is 6. The SMILES string of the molecule is Cc1cc(C)c(CC(N=C(c2ccccc2)c2ccccc2)C(=O)OC(C)(C)C)c(F)c1. The quantitative estimate of drug-likeness (QED) is 0.343. The van der Waals surface area contributed by atoms with Crippen LogP contribution in [-0.2, 0) is 16.0 Å². The Hall–Kier alpha value is -3.27. The molecule has 0 fully saturated rings. The van der Waals surface area contributed by atoms with Gasteiger partial charge in [0.25, 0.3) is 0 Å². The van der Waals surface area contributed by atoms with Gasteiger partial charge in [-0.05, 0) is 57.4 Å². The van der Waals surface area contributed by atoms with Crippen LogP contribution in [0.1, 0.15) is 48.6 Å². The average Bonchev–Trinajstić information content (AvgIpc) is 2.72. The molecule has 0 aliphatic rings. The van der Waals surface area contributed by atoms with Crippen molar-refractivity contribution in [2.75, 3.05) is 0 Å². The van der Waals surface area contributed by atoms with E-state index in [9.17, 15) is 9.18 Å². The first-order chi connectivity index (χ1) is 15.1. The first-order valence-electron chi connectivity index (χ1n) is 10.8. The minimum Gasteiger partial charge on any atom is -0.458 e. The summed E-state index contributed by atoms with van der Waals surface area (Å²) >= 11 is 0. The molecule has 166 valence electrons. The largest absolute Gasteiger partial charge is 0.458 e. The molecule has 3 nitrogen and oxygen atoms in total. The maximum absolute atomic E-state index is 14.9. The smallest absolute Gasteiger partial charge is 0.331 e. The third-order valence-corrected chi connectivity index (χ3v) is 5.02. The van der Waals surface area contributed by atoms with Crippen molar-refractivity contribution in [3.63, 3.8) is 0 Å². The van der Waals surface area contributed by atoms with Crippen LogP contribution in [-0.4, -0.2) is 23.3 Å². The molecule has 3 aromatic carbocycles. The summed E-state index contributed by atoms with van der Waals surface area (Å²) in [5.74, 6) is -0.798. The van der Waals surface area contributed by atoms with Gasteiger partial charge in [-0.1, -0.05) is 66.7 Å². The Morgan fingerprint density at radius 3 is 1.94 bits per heavy atom. The number of aliphatic imine (C=N–C) groups is 1. The highest BCUT2D eigenvalue weighted by molar-refractivity contribution is 6.13. The summed E-state index contributed by atoms with van der Waals surface area (Å²) in [6, 6.07) is 21.9. The molecule has 1 unspecified atom stereocenters. The number of hydrogen-bond donors (Lipinski definition) is 0. The fraction of sp³-hybridized carbons (Fsp3) is 0.286. The van der Waals surface area contributed by atoms with Gasteiger partial charge in [-0.25, -0.2) is 9.18 Å². The third kappa shape index (κ3) is 6.13. The zero-order chi connectivity index (χ0) is 23.3. The number of halogens is 1. The van der Waals surface area contributed by atoms with Crippen LogP contribution in [0.25, 0.3) is 0 Å². The van der Waals surface area contributed by atoms with Crippen LogP contribution in [0.4, 0.5) is 4.39 Å². The van der Waals surface area contributed by atoms with Gasteiger partial charge in [0.2, 0.25) is 0 Å². The van der Waals surface area contributed by atoms with Gasteiger partial charge in [0, 0.05) is 17.5 Å². The van der Waals surface area contributed by atoms with Gasteiger partial charge in [-0.3, -0.25) is 4.99 Å². The molecule has 0 bridgehead atoms. The summed E-state index contributed by atoms with van der Waals surface area (Å²) in [5.41, 5.74) is 3.89. The van der Waals surface area contributed by atoms with Crippen LogP contribution in [0.2, 0.25) is 0 Å². The van der Waals surface area contributed by atoms with E-state index in [4.69, 9.17) is 9.73 Å². The molecule has 3 aromatic rings. The Kier molecular flexibility index (Phi) is 7.24.